The average Bonchev–Trinajstić information content (AvgIpc) is 2.78. The van der Waals surface area contributed by atoms with Gasteiger partial charge < -0.3 is 4.90 Å². The topological polar surface area (TPSA) is 55.2 Å². The van der Waals surface area contributed by atoms with Gasteiger partial charge in [-0.25, -0.2) is 9.37 Å². The number of halogens is 1. The van der Waals surface area contributed by atoms with Gasteiger partial charge in [0.1, 0.15) is 11.6 Å². The van der Waals surface area contributed by atoms with Gasteiger partial charge in [0.05, 0.1) is 22.6 Å². The highest BCUT2D eigenvalue weighted by molar-refractivity contribution is 5.79. The second-order valence-corrected chi connectivity index (χ2v) is 8.57. The van der Waals surface area contributed by atoms with Gasteiger partial charge in [-0.05, 0) is 55.2 Å². The molecule has 3 aromatic rings. The molecule has 2 aromatic carbocycles. The molecule has 0 N–H and O–H groups in total. The van der Waals surface area contributed by atoms with Crippen molar-refractivity contribution in [1.82, 2.24) is 14.5 Å². The summed E-state index contributed by atoms with van der Waals surface area (Å²) < 4.78 is 15.2. The number of hydrogen-bond donors (Lipinski definition) is 0. The quantitative estimate of drug-likeness (QED) is 0.435. The van der Waals surface area contributed by atoms with E-state index in [0.29, 0.717) is 41.8 Å². The van der Waals surface area contributed by atoms with Crippen LogP contribution in [0, 0.1) is 11.7 Å². The largest absolute Gasteiger partial charge is 0.332 e. The van der Waals surface area contributed by atoms with Crippen molar-refractivity contribution in [3.8, 4) is 5.69 Å². The Morgan fingerprint density at radius 2 is 1.78 bits per heavy atom. The lowest BCUT2D eigenvalue weighted by Gasteiger charge is -2.33. The van der Waals surface area contributed by atoms with Gasteiger partial charge in [-0.2, -0.15) is 0 Å². The molecule has 0 aliphatic rings. The molecule has 6 heteroatoms. The van der Waals surface area contributed by atoms with E-state index in [1.807, 2.05) is 24.0 Å². The van der Waals surface area contributed by atoms with E-state index in [1.165, 1.54) is 16.7 Å². The number of aromatic nitrogens is 2. The third-order valence-electron chi connectivity index (χ3n) is 5.57. The molecule has 32 heavy (non-hydrogen) atoms. The van der Waals surface area contributed by atoms with Crippen molar-refractivity contribution in [3.05, 3.63) is 70.5 Å². The molecule has 0 radical (unpaired) electrons. The predicted molar refractivity (Wildman–Crippen MR) is 126 cm³/mol. The number of hydrogen-bond acceptors (Lipinski definition) is 3. The molecule has 0 spiro atoms. The summed E-state index contributed by atoms with van der Waals surface area (Å²) in [6.45, 7) is 8.80. The second-order valence-electron chi connectivity index (χ2n) is 8.57. The van der Waals surface area contributed by atoms with Gasteiger partial charge in [-0.1, -0.05) is 46.2 Å². The van der Waals surface area contributed by atoms with Crippen LogP contribution in [0.1, 0.15) is 65.2 Å². The van der Waals surface area contributed by atoms with Crippen molar-refractivity contribution in [2.45, 2.75) is 59.4 Å². The van der Waals surface area contributed by atoms with Crippen LogP contribution in [0.4, 0.5) is 4.39 Å². The highest BCUT2D eigenvalue weighted by Crippen LogP contribution is 2.28. The SMILES string of the molecule is CCCCC(=O)N(CC(C)C)C(CC)c1nc2ccccc2c(=O)n1-c1ccc(F)cc1. The van der Waals surface area contributed by atoms with E-state index in [-0.39, 0.29) is 29.2 Å². The smallest absolute Gasteiger partial charge is 0.266 e. The molecule has 5 nitrogen and oxygen atoms in total. The maximum absolute atomic E-state index is 13.6. The maximum atomic E-state index is 13.6. The van der Waals surface area contributed by atoms with Gasteiger partial charge in [0.2, 0.25) is 5.91 Å². The Morgan fingerprint density at radius 1 is 1.09 bits per heavy atom. The number of benzene rings is 2. The van der Waals surface area contributed by atoms with Gasteiger partial charge in [-0.15, -0.1) is 0 Å². The molecule has 0 saturated carbocycles. The van der Waals surface area contributed by atoms with Crippen LogP contribution in [0.2, 0.25) is 0 Å². The Morgan fingerprint density at radius 3 is 2.41 bits per heavy atom. The van der Waals surface area contributed by atoms with E-state index >= 15 is 0 Å². The molecule has 1 aromatic heterocycles. The molecule has 170 valence electrons. The minimum Gasteiger partial charge on any atom is -0.332 e. The monoisotopic (exact) mass is 437 g/mol. The van der Waals surface area contributed by atoms with Gasteiger partial charge >= 0.3 is 0 Å². The first-order valence-electron chi connectivity index (χ1n) is 11.4. The molecule has 0 aliphatic heterocycles. The number of amides is 1. The second kappa shape index (κ2) is 10.5. The van der Waals surface area contributed by atoms with Gasteiger partial charge in [0.15, 0.2) is 0 Å². The number of carbonyl (C=O) groups is 1. The van der Waals surface area contributed by atoms with E-state index in [4.69, 9.17) is 4.98 Å². The van der Waals surface area contributed by atoms with Crippen LogP contribution >= 0.6 is 0 Å². The maximum Gasteiger partial charge on any atom is 0.266 e. The van der Waals surface area contributed by atoms with Crippen molar-refractivity contribution in [2.24, 2.45) is 5.92 Å². The first-order valence-corrected chi connectivity index (χ1v) is 11.4. The average molecular weight is 438 g/mol. The first kappa shape index (κ1) is 23.6. The lowest BCUT2D eigenvalue weighted by molar-refractivity contribution is -0.134. The van der Waals surface area contributed by atoms with E-state index in [9.17, 15) is 14.0 Å². The normalized spacial score (nSPS) is 12.3. The summed E-state index contributed by atoms with van der Waals surface area (Å²) in [5.74, 6) is 0.468. The Balaban J connectivity index is 2.25. The first-order chi connectivity index (χ1) is 15.4. The molecular weight excluding hydrogens is 405 g/mol. The van der Waals surface area contributed by atoms with Crippen LogP contribution in [0.25, 0.3) is 16.6 Å². The standard InChI is InChI=1S/C26H32FN3O2/c1-5-7-12-24(31)29(17-18(3)4)23(6-2)25-28-22-11-9-8-10-21(22)26(32)30(25)20-15-13-19(27)14-16-20/h8-11,13-16,18,23H,5-7,12,17H2,1-4H3. The molecule has 0 saturated heterocycles. The Hall–Kier alpha value is -3.02. The predicted octanol–water partition coefficient (Wildman–Crippen LogP) is 5.65. The zero-order chi connectivity index (χ0) is 23.3. The number of nitrogens with zero attached hydrogens (tertiary/aromatic N) is 3. The molecular formula is C26H32FN3O2. The Labute approximate surface area is 188 Å². The zero-order valence-electron chi connectivity index (χ0n) is 19.3. The van der Waals surface area contributed by atoms with Crippen molar-refractivity contribution in [1.29, 1.82) is 0 Å². The fourth-order valence-corrected chi connectivity index (χ4v) is 4.02. The van der Waals surface area contributed by atoms with Crippen molar-refractivity contribution < 1.29 is 9.18 Å². The van der Waals surface area contributed by atoms with Crippen LogP contribution in [0.3, 0.4) is 0 Å². The third kappa shape index (κ3) is 5.06. The lowest BCUT2D eigenvalue weighted by Crippen LogP contribution is -2.40. The Bertz CT molecular complexity index is 1120. The molecule has 0 fully saturated rings. The molecule has 1 atom stereocenters. The fraction of sp³-hybridized carbons (Fsp3) is 0.423. The fourth-order valence-electron chi connectivity index (χ4n) is 4.02. The van der Waals surface area contributed by atoms with E-state index in [2.05, 4.69) is 20.8 Å². The summed E-state index contributed by atoms with van der Waals surface area (Å²) in [4.78, 5) is 33.5. The van der Waals surface area contributed by atoms with Gasteiger partial charge in [0, 0.05) is 13.0 Å². The van der Waals surface area contributed by atoms with Crippen LogP contribution < -0.4 is 5.56 Å². The number of carbonyl (C=O) groups excluding carboxylic acids is 1. The molecule has 0 bridgehead atoms. The van der Waals surface area contributed by atoms with Crippen LogP contribution in [-0.4, -0.2) is 26.9 Å². The molecule has 1 amide bonds. The molecule has 1 unspecified atom stereocenters. The zero-order valence-corrected chi connectivity index (χ0v) is 19.3. The number of para-hydroxylation sites is 1. The molecule has 1 heterocycles. The van der Waals surface area contributed by atoms with Crippen molar-refractivity contribution >= 4 is 16.8 Å². The summed E-state index contributed by atoms with van der Waals surface area (Å²) in [7, 11) is 0. The number of unbranched alkanes of at least 4 members (excludes halogenated alkanes) is 1. The van der Waals surface area contributed by atoms with E-state index in [0.717, 1.165) is 12.8 Å². The lowest BCUT2D eigenvalue weighted by atomic mass is 10.1. The van der Waals surface area contributed by atoms with Crippen LogP contribution in [-0.2, 0) is 4.79 Å². The van der Waals surface area contributed by atoms with Gasteiger partial charge in [0.25, 0.3) is 5.56 Å². The number of fused-ring (bicyclic) bond motifs is 1. The summed E-state index contributed by atoms with van der Waals surface area (Å²) >= 11 is 0. The molecule has 3 rings (SSSR count). The van der Waals surface area contributed by atoms with E-state index in [1.54, 1.807) is 24.3 Å². The minimum absolute atomic E-state index is 0.0699. The summed E-state index contributed by atoms with van der Waals surface area (Å²) in [6, 6.07) is 12.7. The minimum atomic E-state index is -0.375. The summed E-state index contributed by atoms with van der Waals surface area (Å²) in [6.07, 6.45) is 2.83. The molecule has 0 aliphatic carbocycles. The van der Waals surface area contributed by atoms with E-state index < -0.39 is 0 Å². The van der Waals surface area contributed by atoms with Crippen LogP contribution in [0.5, 0.6) is 0 Å². The summed E-state index contributed by atoms with van der Waals surface area (Å²) in [5, 5.41) is 0.489. The third-order valence-corrected chi connectivity index (χ3v) is 5.57. The van der Waals surface area contributed by atoms with Gasteiger partial charge in [-0.3, -0.25) is 14.2 Å². The Kier molecular flexibility index (Phi) is 7.78. The van der Waals surface area contributed by atoms with Crippen molar-refractivity contribution in [3.63, 3.8) is 0 Å². The van der Waals surface area contributed by atoms with Crippen LogP contribution in [0.15, 0.2) is 53.3 Å². The van der Waals surface area contributed by atoms with Crippen molar-refractivity contribution in [2.75, 3.05) is 6.54 Å². The highest BCUT2D eigenvalue weighted by Gasteiger charge is 2.29. The summed E-state index contributed by atoms with van der Waals surface area (Å²) in [5.41, 5.74) is 0.907. The highest BCUT2D eigenvalue weighted by atomic mass is 19.1. The number of rotatable bonds is 9.